The van der Waals surface area contributed by atoms with Crippen LogP contribution in [0.25, 0.3) is 0 Å². The number of thioether (sulfide) groups is 1. The van der Waals surface area contributed by atoms with Crippen molar-refractivity contribution in [1.29, 1.82) is 0 Å². The summed E-state index contributed by atoms with van der Waals surface area (Å²) in [6, 6.07) is 14.9. The molecule has 3 aromatic rings. The molecule has 4 saturated heterocycles. The van der Waals surface area contributed by atoms with Gasteiger partial charge in [0, 0.05) is 168 Å². The van der Waals surface area contributed by atoms with Gasteiger partial charge in [0.1, 0.15) is 0 Å². The predicted octanol–water partition coefficient (Wildman–Crippen LogP) is 6.87. The highest BCUT2D eigenvalue weighted by Crippen LogP contribution is 2.35. The van der Waals surface area contributed by atoms with Crippen LogP contribution in [0.4, 0.5) is 27.2 Å². The number of hydrogen-bond acceptors (Lipinski definition) is 27. The third kappa shape index (κ3) is 56.4. The second kappa shape index (κ2) is 77.7. The van der Waals surface area contributed by atoms with Crippen molar-refractivity contribution < 1.29 is 123 Å². The molecular formula is C92H153BF4N17O22S. The van der Waals surface area contributed by atoms with Crippen LogP contribution in [0.1, 0.15) is 208 Å². The van der Waals surface area contributed by atoms with Gasteiger partial charge in [-0.15, -0.1) is 5.06 Å². The average molecular weight is 1970 g/mol. The van der Waals surface area contributed by atoms with Crippen LogP contribution < -0.4 is 81.7 Å². The fraction of sp³-hybridized carbons (Fsp3) is 0.652. The van der Waals surface area contributed by atoms with Crippen molar-refractivity contribution in [3.63, 3.8) is 0 Å². The summed E-state index contributed by atoms with van der Waals surface area (Å²) in [6.07, 6.45) is 14.5. The number of rotatable bonds is 56. The molecule has 8 rings (SSSR count). The fourth-order valence-corrected chi connectivity index (χ4v) is 14.7. The van der Waals surface area contributed by atoms with E-state index in [0.717, 1.165) is 93.9 Å². The first-order valence-electron chi connectivity index (χ1n) is 45.9. The largest absolute Gasteiger partial charge is 0.420 e. The van der Waals surface area contributed by atoms with E-state index in [1.807, 2.05) is 65.4 Å². The lowest BCUT2D eigenvalue weighted by Gasteiger charge is -2.19. The van der Waals surface area contributed by atoms with Gasteiger partial charge in [-0.3, -0.25) is 52.7 Å². The number of halogens is 4. The Bertz CT molecular complexity index is 3960. The molecule has 14 amide bonds. The number of carbonyl (C=O) groups is 14. The minimum Gasteiger partial charge on any atom is -0.420 e. The minimum atomic E-state index is -1.80. The van der Waals surface area contributed by atoms with Crippen LogP contribution in [-0.4, -0.2) is 300 Å². The fourth-order valence-electron chi connectivity index (χ4n) is 13.2. The Morgan fingerprint density at radius 1 is 0.460 bits per heavy atom. The molecule has 6 atom stereocenters. The van der Waals surface area contributed by atoms with Crippen molar-refractivity contribution in [2.75, 3.05) is 165 Å². The van der Waals surface area contributed by atoms with Crippen LogP contribution in [0.15, 0.2) is 54.6 Å². The van der Waals surface area contributed by atoms with Crippen LogP contribution in [-0.2, 0) is 81.2 Å². The van der Waals surface area contributed by atoms with E-state index in [0.29, 0.717) is 184 Å². The highest BCUT2D eigenvalue weighted by Gasteiger charge is 2.44. The van der Waals surface area contributed by atoms with Crippen molar-refractivity contribution in [2.45, 2.75) is 220 Å². The third-order valence-electron chi connectivity index (χ3n) is 20.5. The van der Waals surface area contributed by atoms with Gasteiger partial charge < -0.3 is 125 Å². The quantitative estimate of drug-likeness (QED) is 0.00400. The zero-order valence-electron chi connectivity index (χ0n) is 80.4. The van der Waals surface area contributed by atoms with Gasteiger partial charge >= 0.3 is 24.0 Å². The maximum atomic E-state index is 13.5. The van der Waals surface area contributed by atoms with E-state index in [1.54, 1.807) is 60.3 Å². The molecule has 0 bridgehead atoms. The van der Waals surface area contributed by atoms with Crippen molar-refractivity contribution in [1.82, 2.24) is 80.3 Å². The summed E-state index contributed by atoms with van der Waals surface area (Å²) in [6.45, 7) is 20.2. The van der Waals surface area contributed by atoms with Crippen LogP contribution in [0, 0.1) is 43.0 Å². The van der Waals surface area contributed by atoms with Gasteiger partial charge in [-0.05, 0) is 108 Å². The van der Waals surface area contributed by atoms with Crippen molar-refractivity contribution in [2.24, 2.45) is 17.4 Å². The molecule has 1 aliphatic carbocycles. The van der Waals surface area contributed by atoms with E-state index in [2.05, 4.69) is 57.9 Å². The maximum absolute atomic E-state index is 13.5. The number of nitrogens with one attached hydrogen (secondary N) is 10. The van der Waals surface area contributed by atoms with E-state index in [4.69, 9.17) is 44.7 Å². The summed E-state index contributed by atoms with van der Waals surface area (Å²) < 4.78 is 90.1. The van der Waals surface area contributed by atoms with Gasteiger partial charge in [0.25, 0.3) is 17.7 Å². The number of esters is 1. The lowest BCUT2D eigenvalue weighted by molar-refractivity contribution is -0.172. The van der Waals surface area contributed by atoms with Gasteiger partial charge in [0.2, 0.25) is 58.7 Å². The molecule has 3 aromatic carbocycles. The van der Waals surface area contributed by atoms with Crippen LogP contribution in [0.3, 0.4) is 0 Å². The maximum Gasteiger partial charge on any atom is 0.363 e. The molecule has 775 valence electrons. The number of unbranched alkanes of at least 4 members (excludes halogenated alkanes) is 2. The second-order valence-corrected chi connectivity index (χ2v) is 32.8. The number of benzene rings is 3. The normalized spacial score (nSPS) is 15.9. The van der Waals surface area contributed by atoms with E-state index >= 15 is 0 Å². The molecule has 4 heterocycles. The van der Waals surface area contributed by atoms with Crippen molar-refractivity contribution in [3.05, 3.63) is 100 Å². The summed E-state index contributed by atoms with van der Waals surface area (Å²) in [4.78, 5) is 169. The molecular weight excluding hydrogens is 1810 g/mol. The molecule has 4 aliphatic heterocycles. The standard InChI is InChI=1S/C27H49N5O7.C26H35F4N3O7S.C14H20N2O2.C12H11NO4.2C6H14N2O.CH4.B.2H3N/c1-3-6-23(33)28-12-13-29-24(34)11-15-37-17-19-39-20-18-38-16-14-32(2)25(35)8-5-4-7-21-9-10-22-26(21)31-27(36)30-22;1-33(20(34)5-3-2-4-19-24-18(15-41-19)31-26(36)32-24)7-9-38-11-13-39-12-10-37-8-6-21(35)40-25-22(29)16(27)14-17(28)23(25)30;1-3-4-13(17)15-9-10-16-14(18)12-7-5-11(2)6-8-12;1-8-2-4-9(5-3-8)12(16)17-13-10(14)6-7-11(13)15;2*1-2-3-6(9)8-5-4-7;;;;/h21-22,26H,3-20H2,1-2H3,(H,28,33)(H,29,34)(H2,30,31,36);14,18-19,24H,2-13,15H2,1H3,(H2,31,32,36);5-8H,3-4,9-10H2,1-2H3,(H,15,17)(H,16,18);2-5H,6-7H2,1H3;2*2-5,7H2,1H3,(H,8,9);1H4;;2*1H3. The van der Waals surface area contributed by atoms with Gasteiger partial charge in [0.05, 0.1) is 115 Å². The van der Waals surface area contributed by atoms with E-state index in [9.17, 15) is 84.7 Å². The van der Waals surface area contributed by atoms with Crippen molar-refractivity contribution in [3.8, 4) is 5.75 Å². The van der Waals surface area contributed by atoms with Gasteiger partial charge in [-0.2, -0.15) is 20.5 Å². The molecule has 6 unspecified atom stereocenters. The Kier molecular flexibility index (Phi) is 73.0. The van der Waals surface area contributed by atoms with Crippen LogP contribution in [0.2, 0.25) is 0 Å². The molecule has 5 aliphatic rings. The number of hydrogen-bond donors (Lipinski definition) is 14. The number of aryl methyl sites for hydroxylation is 2. The highest BCUT2D eigenvalue weighted by molar-refractivity contribution is 8.00. The summed E-state index contributed by atoms with van der Waals surface area (Å²) >= 11 is 1.86. The number of urea groups is 2. The summed E-state index contributed by atoms with van der Waals surface area (Å²) in [5.41, 5.74) is 13.4. The molecule has 1 saturated carbocycles. The molecule has 45 heteroatoms. The van der Waals surface area contributed by atoms with Crippen LogP contribution in [0.5, 0.6) is 5.75 Å². The Morgan fingerprint density at radius 3 is 1.28 bits per heavy atom. The smallest absolute Gasteiger partial charge is 0.363 e. The lowest BCUT2D eigenvalue weighted by atomic mass is 9.95. The van der Waals surface area contributed by atoms with Crippen molar-refractivity contribution >= 4 is 103 Å². The number of ether oxygens (including phenoxy) is 7. The van der Waals surface area contributed by atoms with E-state index in [1.165, 1.54) is 0 Å². The number of carbonyl (C=O) groups excluding carboxylic acids is 14. The topological polar surface area (TPSA) is 565 Å². The first-order chi connectivity index (χ1) is 63.9. The first kappa shape index (κ1) is 129. The molecule has 5 fully saturated rings. The Labute approximate surface area is 810 Å². The molecule has 137 heavy (non-hydrogen) atoms. The Hall–Kier alpha value is -10.2. The predicted molar refractivity (Wildman–Crippen MR) is 512 cm³/mol. The second-order valence-electron chi connectivity index (χ2n) is 31.6. The molecule has 0 spiro atoms. The number of hydroxylamine groups is 2. The van der Waals surface area contributed by atoms with Gasteiger partial charge in [0.15, 0.2) is 11.6 Å². The molecule has 3 radical (unpaired) electrons. The summed E-state index contributed by atoms with van der Waals surface area (Å²) in [7, 11) is 3.53. The van der Waals surface area contributed by atoms with Gasteiger partial charge in [-0.1, -0.05) is 83.4 Å². The minimum absolute atomic E-state index is 0. The van der Waals surface area contributed by atoms with Gasteiger partial charge in [-0.25, -0.2) is 23.2 Å². The highest BCUT2D eigenvalue weighted by atomic mass is 32.2. The number of nitrogens with two attached hydrogens (primary N) is 2. The Balaban J connectivity index is 0. The molecule has 39 nitrogen and oxygen atoms in total. The molecule has 20 N–H and O–H groups in total. The summed E-state index contributed by atoms with van der Waals surface area (Å²) in [5.74, 6) is -9.54. The van der Waals surface area contributed by atoms with Crippen LogP contribution >= 0.6 is 11.8 Å². The number of nitrogens with zero attached hydrogens (tertiary/aromatic N) is 3. The number of likely N-dealkylation sites (N-methyl/N-ethyl adjacent to an activating group) is 2. The number of imide groups is 1. The third-order valence-corrected chi connectivity index (χ3v) is 22.0. The molecule has 0 aromatic heterocycles. The van der Waals surface area contributed by atoms with E-state index in [-0.39, 0.29) is 163 Å². The summed E-state index contributed by atoms with van der Waals surface area (Å²) in [5, 5.41) is 29.2. The Morgan fingerprint density at radius 2 is 0.839 bits per heavy atom. The number of fused-ring (bicyclic) bond motifs is 2. The number of amides is 14. The zero-order valence-corrected chi connectivity index (χ0v) is 81.2. The average Bonchev–Trinajstić information content (AvgIpc) is 1.47. The van der Waals surface area contributed by atoms with E-state index < -0.39 is 59.2 Å². The first-order valence-corrected chi connectivity index (χ1v) is 46.9. The monoisotopic (exact) mass is 1970 g/mol. The zero-order chi connectivity index (χ0) is 98.1. The lowest BCUT2D eigenvalue weighted by Crippen LogP contribution is -2.36. The SMILES string of the molecule is C.CCCC(=O)NCCN.CCCC(=O)NCCN.CCCC(=O)NCCNC(=O)CCOCCOCCOCCN(C)C(=O)CCCCC1CCC2NC(=O)NC12.CCCC(=O)NCCNC(=O)c1ccc(C)cc1.CN(CCOCCOCCOCCC(=O)Oc1c(F)c(F)cc(F)c1F)C(=O)CCCCC1SCC2NC(=O)NC21.Cc1ccc(C(=O)ON2C(=O)CCC2=O)cc1.N.N.[B].